The summed E-state index contributed by atoms with van der Waals surface area (Å²) in [4.78, 5) is 19.9. The van der Waals surface area contributed by atoms with Crippen LogP contribution in [0.1, 0.15) is 29.6 Å². The molecule has 6 heteroatoms. The summed E-state index contributed by atoms with van der Waals surface area (Å²) in [6.45, 7) is 0.830. The van der Waals surface area contributed by atoms with E-state index < -0.39 is 0 Å². The van der Waals surface area contributed by atoms with Crippen molar-refractivity contribution in [2.75, 3.05) is 6.54 Å². The van der Waals surface area contributed by atoms with Crippen LogP contribution in [0.3, 0.4) is 0 Å². The predicted octanol–water partition coefficient (Wildman–Crippen LogP) is 3.40. The fourth-order valence-electron chi connectivity index (χ4n) is 4.41. The maximum atomic E-state index is 13.8. The Balaban J connectivity index is 1.66. The molecule has 2 bridgehead atoms. The molecule has 1 aromatic carbocycles. The van der Waals surface area contributed by atoms with Gasteiger partial charge in [0.2, 0.25) is 0 Å². The number of fused-ring (bicyclic) bond motifs is 3. The predicted molar refractivity (Wildman–Crippen MR) is 96.1 cm³/mol. The molecule has 1 amide bonds. The molecular formula is C20H19FN4O. The van der Waals surface area contributed by atoms with Gasteiger partial charge in [0.15, 0.2) is 0 Å². The fraction of sp³-hybridized carbons (Fsp3) is 0.350. The molecule has 1 aliphatic heterocycles. The number of aromatic nitrogens is 3. The summed E-state index contributed by atoms with van der Waals surface area (Å²) in [5.74, 6) is 0.306. The first-order chi connectivity index (χ1) is 12.6. The number of benzene rings is 1. The summed E-state index contributed by atoms with van der Waals surface area (Å²) in [6.07, 6.45) is 6.97. The summed E-state index contributed by atoms with van der Waals surface area (Å²) in [5.41, 5.74) is 2.56. The lowest BCUT2D eigenvalue weighted by atomic mass is 10.0. The Labute approximate surface area is 150 Å². The van der Waals surface area contributed by atoms with Gasteiger partial charge in [-0.25, -0.2) is 9.37 Å². The van der Waals surface area contributed by atoms with Crippen LogP contribution in [-0.2, 0) is 7.05 Å². The van der Waals surface area contributed by atoms with E-state index in [1.54, 1.807) is 16.9 Å². The number of pyridine rings is 1. The molecule has 1 saturated carbocycles. The Morgan fingerprint density at radius 3 is 2.85 bits per heavy atom. The fourth-order valence-corrected chi connectivity index (χ4v) is 4.41. The number of carbonyl (C=O) groups excluding carboxylic acids is 1. The van der Waals surface area contributed by atoms with Gasteiger partial charge in [0, 0.05) is 42.8 Å². The average molecular weight is 350 g/mol. The Bertz CT molecular complexity index is 1030. The Kier molecular flexibility index (Phi) is 3.35. The molecular weight excluding hydrogens is 331 g/mol. The van der Waals surface area contributed by atoms with Crippen LogP contribution < -0.4 is 0 Å². The van der Waals surface area contributed by atoms with Gasteiger partial charge in [0.1, 0.15) is 5.82 Å². The second-order valence-corrected chi connectivity index (χ2v) is 7.41. The topological polar surface area (TPSA) is 51.0 Å². The standard InChI is InChI=1S/C20H19FN4O/c1-24-11-13(9-22-24)18-8-17(16-5-3-14(21)7-19(16)23-18)20(26)25-10-12-2-4-15(25)6-12/h3,5,7-9,11-12,15H,2,4,6,10H2,1H3/t12-,15-/m0/s1. The number of halogens is 1. The van der Waals surface area contributed by atoms with E-state index in [1.807, 2.05) is 24.2 Å². The first-order valence-corrected chi connectivity index (χ1v) is 8.99. The van der Waals surface area contributed by atoms with E-state index in [1.165, 1.54) is 18.6 Å². The number of likely N-dealkylation sites (tertiary alicyclic amines) is 1. The van der Waals surface area contributed by atoms with Crippen molar-refractivity contribution in [2.45, 2.75) is 25.3 Å². The minimum atomic E-state index is -0.355. The van der Waals surface area contributed by atoms with Gasteiger partial charge in [-0.1, -0.05) is 0 Å². The van der Waals surface area contributed by atoms with Gasteiger partial charge in [-0.05, 0) is 43.4 Å². The van der Waals surface area contributed by atoms with E-state index in [0.717, 1.165) is 24.9 Å². The van der Waals surface area contributed by atoms with Crippen LogP contribution in [0.15, 0.2) is 36.7 Å². The maximum absolute atomic E-state index is 13.8. The molecule has 2 fully saturated rings. The van der Waals surface area contributed by atoms with E-state index in [2.05, 4.69) is 10.1 Å². The van der Waals surface area contributed by atoms with Crippen molar-refractivity contribution in [3.8, 4) is 11.3 Å². The minimum absolute atomic E-state index is 0.0290. The van der Waals surface area contributed by atoms with Gasteiger partial charge in [-0.15, -0.1) is 0 Å². The van der Waals surface area contributed by atoms with Crippen LogP contribution in [-0.4, -0.2) is 38.2 Å². The van der Waals surface area contributed by atoms with E-state index in [-0.39, 0.29) is 11.7 Å². The zero-order valence-electron chi connectivity index (χ0n) is 14.5. The molecule has 132 valence electrons. The lowest BCUT2D eigenvalue weighted by Crippen LogP contribution is -2.37. The first-order valence-electron chi connectivity index (χ1n) is 8.99. The molecule has 2 atom stereocenters. The van der Waals surface area contributed by atoms with Crippen molar-refractivity contribution < 1.29 is 9.18 Å². The Hall–Kier alpha value is -2.76. The summed E-state index contributed by atoms with van der Waals surface area (Å²) in [5, 5.41) is 4.88. The number of aryl methyl sites for hydroxylation is 1. The molecule has 2 aromatic heterocycles. The van der Waals surface area contributed by atoms with E-state index in [4.69, 9.17) is 0 Å². The third kappa shape index (κ3) is 2.40. The molecule has 0 spiro atoms. The molecule has 5 rings (SSSR count). The van der Waals surface area contributed by atoms with Crippen molar-refractivity contribution >= 4 is 16.8 Å². The smallest absolute Gasteiger partial charge is 0.254 e. The number of carbonyl (C=O) groups is 1. The van der Waals surface area contributed by atoms with Gasteiger partial charge < -0.3 is 4.90 Å². The van der Waals surface area contributed by atoms with Crippen LogP contribution in [0.5, 0.6) is 0 Å². The van der Waals surface area contributed by atoms with Gasteiger partial charge >= 0.3 is 0 Å². The van der Waals surface area contributed by atoms with Crippen LogP contribution >= 0.6 is 0 Å². The largest absolute Gasteiger partial charge is 0.335 e. The average Bonchev–Trinajstić information content (AvgIpc) is 3.36. The molecule has 5 nitrogen and oxygen atoms in total. The highest BCUT2D eigenvalue weighted by molar-refractivity contribution is 6.07. The number of piperidine rings is 1. The summed E-state index contributed by atoms with van der Waals surface area (Å²) in [7, 11) is 1.83. The van der Waals surface area contributed by atoms with Gasteiger partial charge in [0.25, 0.3) is 5.91 Å². The van der Waals surface area contributed by atoms with Crippen LogP contribution in [0.4, 0.5) is 4.39 Å². The number of hydrogen-bond donors (Lipinski definition) is 0. The maximum Gasteiger partial charge on any atom is 0.254 e. The normalized spacial score (nSPS) is 21.7. The second kappa shape index (κ2) is 5.62. The van der Waals surface area contributed by atoms with E-state index in [9.17, 15) is 9.18 Å². The van der Waals surface area contributed by atoms with Gasteiger partial charge in [0.05, 0.1) is 23.0 Å². The van der Waals surface area contributed by atoms with Gasteiger partial charge in [-0.2, -0.15) is 5.10 Å². The van der Waals surface area contributed by atoms with E-state index in [0.29, 0.717) is 34.1 Å². The zero-order chi connectivity index (χ0) is 17.8. The molecule has 1 aliphatic carbocycles. The molecule has 0 radical (unpaired) electrons. The zero-order valence-corrected chi connectivity index (χ0v) is 14.5. The molecule has 3 aromatic rings. The van der Waals surface area contributed by atoms with Crippen LogP contribution in [0, 0.1) is 11.7 Å². The van der Waals surface area contributed by atoms with Crippen LogP contribution in [0.25, 0.3) is 22.2 Å². The quantitative estimate of drug-likeness (QED) is 0.712. The van der Waals surface area contributed by atoms with Crippen molar-refractivity contribution in [1.82, 2.24) is 19.7 Å². The minimum Gasteiger partial charge on any atom is -0.335 e. The number of amides is 1. The van der Waals surface area contributed by atoms with Crippen molar-refractivity contribution in [1.29, 1.82) is 0 Å². The summed E-state index contributed by atoms with van der Waals surface area (Å²) < 4.78 is 15.5. The Morgan fingerprint density at radius 1 is 1.27 bits per heavy atom. The monoisotopic (exact) mass is 350 g/mol. The molecule has 2 aliphatic rings. The molecule has 26 heavy (non-hydrogen) atoms. The number of hydrogen-bond acceptors (Lipinski definition) is 3. The highest BCUT2D eigenvalue weighted by Gasteiger charge is 2.40. The SMILES string of the molecule is Cn1cc(-c2cc(C(=O)N3C[C@H]4CC[C@H]3C4)c3ccc(F)cc3n2)cn1. The highest BCUT2D eigenvalue weighted by Crippen LogP contribution is 2.39. The molecule has 3 heterocycles. The summed E-state index contributed by atoms with van der Waals surface area (Å²) in [6, 6.07) is 6.61. The Morgan fingerprint density at radius 2 is 2.15 bits per heavy atom. The van der Waals surface area contributed by atoms with Crippen LogP contribution in [0.2, 0.25) is 0 Å². The third-order valence-corrected chi connectivity index (χ3v) is 5.67. The molecule has 0 unspecified atom stereocenters. The second-order valence-electron chi connectivity index (χ2n) is 7.41. The van der Waals surface area contributed by atoms with E-state index >= 15 is 0 Å². The third-order valence-electron chi connectivity index (χ3n) is 5.67. The molecule has 0 N–H and O–H groups in total. The lowest BCUT2D eigenvalue weighted by Gasteiger charge is -2.27. The van der Waals surface area contributed by atoms with Crippen molar-refractivity contribution in [3.05, 3.63) is 48.0 Å². The lowest BCUT2D eigenvalue weighted by molar-refractivity contribution is 0.0705. The van der Waals surface area contributed by atoms with Crippen molar-refractivity contribution in [2.24, 2.45) is 13.0 Å². The number of rotatable bonds is 2. The molecule has 1 saturated heterocycles. The highest BCUT2D eigenvalue weighted by atomic mass is 19.1. The van der Waals surface area contributed by atoms with Gasteiger partial charge in [-0.3, -0.25) is 9.48 Å². The first kappa shape index (κ1) is 15.5. The van der Waals surface area contributed by atoms with Crippen molar-refractivity contribution in [3.63, 3.8) is 0 Å². The number of nitrogens with zero attached hydrogens (tertiary/aromatic N) is 4. The summed E-state index contributed by atoms with van der Waals surface area (Å²) >= 11 is 0.